The summed E-state index contributed by atoms with van der Waals surface area (Å²) in [5, 5.41) is 12.5. The molecule has 110 valence electrons. The molecule has 0 bridgehead atoms. The quantitative estimate of drug-likeness (QED) is 0.588. The van der Waals surface area contributed by atoms with Crippen molar-refractivity contribution in [1.29, 1.82) is 5.26 Å². The minimum atomic E-state index is -2.95. The van der Waals surface area contributed by atoms with Crippen LogP contribution in [0.3, 0.4) is 0 Å². The van der Waals surface area contributed by atoms with Crippen LogP contribution in [-0.2, 0) is 16.4 Å². The summed E-state index contributed by atoms with van der Waals surface area (Å²) in [7, 11) is -2.95. The first-order chi connectivity index (χ1) is 9.46. The standard InChI is InChI=1S/C14H20N2O2S2/c1-3-6-16-11-12-4-5-14(13(9-12)10-15)19-7-8-20(2,17)18/h4-5,9,16H,3,6-8,11H2,1-2H3. The van der Waals surface area contributed by atoms with E-state index in [-0.39, 0.29) is 5.75 Å². The molecule has 20 heavy (non-hydrogen) atoms. The number of benzene rings is 1. The molecule has 0 saturated heterocycles. The van der Waals surface area contributed by atoms with E-state index in [0.29, 0.717) is 11.3 Å². The molecule has 1 aromatic carbocycles. The van der Waals surface area contributed by atoms with E-state index in [1.807, 2.05) is 18.2 Å². The van der Waals surface area contributed by atoms with Crippen LogP contribution in [0.25, 0.3) is 0 Å². The summed E-state index contributed by atoms with van der Waals surface area (Å²) in [4.78, 5) is 0.843. The molecule has 1 rings (SSSR count). The number of rotatable bonds is 8. The van der Waals surface area contributed by atoms with Crippen LogP contribution < -0.4 is 5.32 Å². The molecule has 0 atom stereocenters. The Kier molecular flexibility index (Phi) is 7.06. The third-order valence-corrected chi connectivity index (χ3v) is 4.91. The molecule has 0 radical (unpaired) electrons. The molecule has 0 fully saturated rings. The smallest absolute Gasteiger partial charge is 0.148 e. The maximum absolute atomic E-state index is 11.1. The molecule has 0 aromatic heterocycles. The minimum Gasteiger partial charge on any atom is -0.313 e. The highest BCUT2D eigenvalue weighted by molar-refractivity contribution is 8.00. The van der Waals surface area contributed by atoms with Gasteiger partial charge in [0.05, 0.1) is 11.3 Å². The first kappa shape index (κ1) is 17.0. The second-order valence-electron chi connectivity index (χ2n) is 4.60. The molecule has 0 unspecified atom stereocenters. The van der Waals surface area contributed by atoms with E-state index in [4.69, 9.17) is 0 Å². The number of nitrogens with zero attached hydrogens (tertiary/aromatic N) is 1. The van der Waals surface area contributed by atoms with Crippen molar-refractivity contribution in [3.63, 3.8) is 0 Å². The van der Waals surface area contributed by atoms with Crippen LogP contribution in [0.15, 0.2) is 23.1 Å². The van der Waals surface area contributed by atoms with Crippen molar-refractivity contribution in [3.05, 3.63) is 29.3 Å². The topological polar surface area (TPSA) is 70.0 Å². The molecular weight excluding hydrogens is 292 g/mol. The zero-order chi connectivity index (χ0) is 15.0. The molecule has 0 amide bonds. The van der Waals surface area contributed by atoms with Crippen LogP contribution in [0, 0.1) is 11.3 Å². The van der Waals surface area contributed by atoms with Crippen molar-refractivity contribution >= 4 is 21.6 Å². The van der Waals surface area contributed by atoms with E-state index >= 15 is 0 Å². The highest BCUT2D eigenvalue weighted by Gasteiger charge is 2.07. The number of nitrogens with one attached hydrogen (secondary N) is 1. The van der Waals surface area contributed by atoms with Gasteiger partial charge in [0.2, 0.25) is 0 Å². The van der Waals surface area contributed by atoms with Gasteiger partial charge in [-0.3, -0.25) is 0 Å². The molecular formula is C14H20N2O2S2. The molecule has 1 aromatic rings. The summed E-state index contributed by atoms with van der Waals surface area (Å²) in [6, 6.07) is 7.92. The molecule has 0 aliphatic carbocycles. The molecule has 0 aliphatic heterocycles. The van der Waals surface area contributed by atoms with Gasteiger partial charge >= 0.3 is 0 Å². The van der Waals surface area contributed by atoms with Crippen molar-refractivity contribution in [2.75, 3.05) is 24.3 Å². The van der Waals surface area contributed by atoms with Crippen LogP contribution in [0.1, 0.15) is 24.5 Å². The van der Waals surface area contributed by atoms with Crippen molar-refractivity contribution in [3.8, 4) is 6.07 Å². The third kappa shape index (κ3) is 6.42. The van der Waals surface area contributed by atoms with Crippen molar-refractivity contribution < 1.29 is 8.42 Å². The maximum atomic E-state index is 11.1. The van der Waals surface area contributed by atoms with Crippen molar-refractivity contribution in [1.82, 2.24) is 5.32 Å². The Bertz CT molecular complexity index is 577. The van der Waals surface area contributed by atoms with Crippen molar-refractivity contribution in [2.24, 2.45) is 0 Å². The van der Waals surface area contributed by atoms with Gasteiger partial charge in [-0.1, -0.05) is 13.0 Å². The number of hydrogen-bond acceptors (Lipinski definition) is 5. The average Bonchev–Trinajstić information content (AvgIpc) is 2.39. The molecule has 1 N–H and O–H groups in total. The summed E-state index contributed by atoms with van der Waals surface area (Å²) in [5.74, 6) is 0.600. The van der Waals surface area contributed by atoms with Gasteiger partial charge in [-0.25, -0.2) is 8.42 Å². The fourth-order valence-corrected chi connectivity index (χ4v) is 3.80. The zero-order valence-corrected chi connectivity index (χ0v) is 13.5. The summed E-state index contributed by atoms with van der Waals surface area (Å²) in [5.41, 5.74) is 1.68. The Balaban J connectivity index is 2.66. The highest BCUT2D eigenvalue weighted by atomic mass is 32.2. The van der Waals surface area contributed by atoms with E-state index in [9.17, 15) is 13.7 Å². The maximum Gasteiger partial charge on any atom is 0.148 e. The number of nitriles is 1. The predicted molar refractivity (Wildman–Crippen MR) is 83.6 cm³/mol. The lowest BCUT2D eigenvalue weighted by atomic mass is 10.1. The Morgan fingerprint density at radius 3 is 2.75 bits per heavy atom. The molecule has 0 spiro atoms. The van der Waals surface area contributed by atoms with Crippen molar-refractivity contribution in [2.45, 2.75) is 24.8 Å². The van der Waals surface area contributed by atoms with Gasteiger partial charge in [0.15, 0.2) is 0 Å². The summed E-state index contributed by atoms with van der Waals surface area (Å²) in [6.07, 6.45) is 2.30. The Hall–Kier alpha value is -1.03. The second kappa shape index (κ2) is 8.30. The number of sulfone groups is 1. The Morgan fingerprint density at radius 1 is 1.40 bits per heavy atom. The van der Waals surface area contributed by atoms with Crippen LogP contribution in [0.5, 0.6) is 0 Å². The lowest BCUT2D eigenvalue weighted by Gasteiger charge is -2.07. The van der Waals surface area contributed by atoms with E-state index in [1.165, 1.54) is 18.0 Å². The van der Waals surface area contributed by atoms with Crippen LogP contribution >= 0.6 is 11.8 Å². The largest absolute Gasteiger partial charge is 0.313 e. The average molecular weight is 312 g/mol. The van der Waals surface area contributed by atoms with Gasteiger partial charge in [0.25, 0.3) is 0 Å². The molecule has 0 saturated carbocycles. The second-order valence-corrected chi connectivity index (χ2v) is 7.99. The van der Waals surface area contributed by atoms with Gasteiger partial charge in [-0.15, -0.1) is 11.8 Å². The molecule has 0 heterocycles. The van der Waals surface area contributed by atoms with E-state index in [0.717, 1.165) is 30.0 Å². The number of hydrogen-bond donors (Lipinski definition) is 1. The van der Waals surface area contributed by atoms with Crippen LogP contribution in [0.2, 0.25) is 0 Å². The first-order valence-corrected chi connectivity index (χ1v) is 9.55. The Labute approximate surface area is 125 Å². The molecule has 6 heteroatoms. The Morgan fingerprint density at radius 2 is 2.15 bits per heavy atom. The van der Waals surface area contributed by atoms with Gasteiger partial charge < -0.3 is 5.32 Å². The van der Waals surface area contributed by atoms with Crippen LogP contribution in [-0.4, -0.2) is 32.7 Å². The number of thioether (sulfide) groups is 1. The van der Waals surface area contributed by atoms with E-state index in [1.54, 1.807) is 0 Å². The fraction of sp³-hybridized carbons (Fsp3) is 0.500. The summed E-state index contributed by atoms with van der Waals surface area (Å²) in [6.45, 7) is 3.80. The van der Waals surface area contributed by atoms with E-state index in [2.05, 4.69) is 18.3 Å². The lowest BCUT2D eigenvalue weighted by Crippen LogP contribution is -2.13. The monoisotopic (exact) mass is 312 g/mol. The predicted octanol–water partition coefficient (Wildman–Crippen LogP) is 2.19. The summed E-state index contributed by atoms with van der Waals surface area (Å²) >= 11 is 1.41. The highest BCUT2D eigenvalue weighted by Crippen LogP contribution is 2.23. The normalized spacial score (nSPS) is 11.2. The summed E-state index contributed by atoms with van der Waals surface area (Å²) < 4.78 is 22.2. The van der Waals surface area contributed by atoms with Gasteiger partial charge in [0.1, 0.15) is 15.9 Å². The van der Waals surface area contributed by atoms with Gasteiger partial charge in [-0.2, -0.15) is 5.26 Å². The SMILES string of the molecule is CCCNCc1ccc(SCCS(C)(=O)=O)c(C#N)c1. The zero-order valence-electron chi connectivity index (χ0n) is 11.8. The van der Waals surface area contributed by atoms with Gasteiger partial charge in [0, 0.05) is 23.4 Å². The minimum absolute atomic E-state index is 0.127. The molecule has 4 nitrogen and oxygen atoms in total. The van der Waals surface area contributed by atoms with Gasteiger partial charge in [-0.05, 0) is 30.7 Å². The van der Waals surface area contributed by atoms with E-state index < -0.39 is 9.84 Å². The molecule has 0 aliphatic rings. The third-order valence-electron chi connectivity index (χ3n) is 2.63. The first-order valence-electron chi connectivity index (χ1n) is 6.50. The van der Waals surface area contributed by atoms with Crippen LogP contribution in [0.4, 0.5) is 0 Å². The fourth-order valence-electron chi connectivity index (χ4n) is 1.61. The lowest BCUT2D eigenvalue weighted by molar-refractivity contribution is 0.603.